The molecular weight excluding hydrogens is 260 g/mol. The van der Waals surface area contributed by atoms with Gasteiger partial charge in [-0.2, -0.15) is 0 Å². The highest BCUT2D eigenvalue weighted by atomic mass is 35.5. The average Bonchev–Trinajstić information content (AvgIpc) is 2.41. The van der Waals surface area contributed by atoms with Gasteiger partial charge in [-0.1, -0.05) is 37.1 Å². The fourth-order valence-electron chi connectivity index (χ4n) is 2.98. The lowest BCUT2D eigenvalue weighted by Gasteiger charge is -2.37. The molecule has 104 valence electrons. The molecular formula is C16H21ClO2. The summed E-state index contributed by atoms with van der Waals surface area (Å²) in [6, 6.07) is 5.51. The van der Waals surface area contributed by atoms with Gasteiger partial charge in [-0.3, -0.25) is 4.79 Å². The Morgan fingerprint density at radius 1 is 1.47 bits per heavy atom. The third-order valence-electron chi connectivity index (χ3n) is 4.19. The van der Waals surface area contributed by atoms with Crippen LogP contribution in [0.4, 0.5) is 0 Å². The summed E-state index contributed by atoms with van der Waals surface area (Å²) in [4.78, 5) is 12.8. The average molecular weight is 281 g/mol. The number of ketones is 1. The number of aryl methyl sites for hydroxylation is 1. The normalized spacial score (nSPS) is 27.3. The predicted octanol–water partition coefficient (Wildman–Crippen LogP) is 4.43. The number of hydrogen-bond acceptors (Lipinski definition) is 2. The monoisotopic (exact) mass is 280 g/mol. The molecule has 0 bridgehead atoms. The second kappa shape index (κ2) is 5.64. The van der Waals surface area contributed by atoms with Crippen molar-refractivity contribution in [1.82, 2.24) is 0 Å². The van der Waals surface area contributed by atoms with Crippen molar-refractivity contribution in [3.8, 4) is 0 Å². The van der Waals surface area contributed by atoms with E-state index in [2.05, 4.69) is 6.92 Å². The number of ether oxygens (including phenoxy) is 1. The molecule has 0 heterocycles. The summed E-state index contributed by atoms with van der Waals surface area (Å²) in [5.74, 6) is 0.599. The Balaban J connectivity index is 2.32. The van der Waals surface area contributed by atoms with Gasteiger partial charge in [-0.25, -0.2) is 0 Å². The molecule has 1 aromatic rings. The number of rotatable bonds is 3. The Kier molecular flexibility index (Phi) is 4.32. The van der Waals surface area contributed by atoms with E-state index in [1.54, 1.807) is 13.2 Å². The van der Waals surface area contributed by atoms with Crippen molar-refractivity contribution in [1.29, 1.82) is 0 Å². The topological polar surface area (TPSA) is 26.3 Å². The fourth-order valence-corrected chi connectivity index (χ4v) is 3.17. The molecule has 1 saturated carbocycles. The van der Waals surface area contributed by atoms with Crippen LogP contribution in [0.5, 0.6) is 0 Å². The van der Waals surface area contributed by atoms with Gasteiger partial charge in [-0.15, -0.1) is 0 Å². The lowest BCUT2D eigenvalue weighted by atomic mass is 9.75. The molecule has 1 aliphatic carbocycles. The van der Waals surface area contributed by atoms with E-state index in [-0.39, 0.29) is 5.78 Å². The molecule has 1 aromatic carbocycles. The number of carbonyl (C=O) groups is 1. The zero-order chi connectivity index (χ0) is 14.0. The minimum atomic E-state index is -0.656. The van der Waals surface area contributed by atoms with Crippen molar-refractivity contribution in [3.05, 3.63) is 34.3 Å². The molecule has 0 aromatic heterocycles. The highest BCUT2D eigenvalue weighted by molar-refractivity contribution is 6.31. The van der Waals surface area contributed by atoms with Crippen LogP contribution in [0, 0.1) is 12.8 Å². The molecule has 19 heavy (non-hydrogen) atoms. The van der Waals surface area contributed by atoms with Gasteiger partial charge in [0.05, 0.1) is 0 Å². The summed E-state index contributed by atoms with van der Waals surface area (Å²) in [5.41, 5.74) is 0.990. The fraction of sp³-hybridized carbons (Fsp3) is 0.562. The Labute approximate surface area is 120 Å². The van der Waals surface area contributed by atoms with E-state index in [0.29, 0.717) is 16.5 Å². The summed E-state index contributed by atoms with van der Waals surface area (Å²) >= 11 is 6.12. The smallest absolute Gasteiger partial charge is 0.194 e. The maximum absolute atomic E-state index is 12.8. The van der Waals surface area contributed by atoms with Gasteiger partial charge >= 0.3 is 0 Å². The number of halogens is 1. The van der Waals surface area contributed by atoms with E-state index in [1.807, 2.05) is 19.1 Å². The van der Waals surface area contributed by atoms with Crippen LogP contribution in [-0.2, 0) is 4.74 Å². The van der Waals surface area contributed by atoms with Crippen molar-refractivity contribution in [3.63, 3.8) is 0 Å². The summed E-state index contributed by atoms with van der Waals surface area (Å²) in [5, 5.41) is 0.640. The first kappa shape index (κ1) is 14.5. The van der Waals surface area contributed by atoms with Crippen LogP contribution in [0.15, 0.2) is 18.2 Å². The van der Waals surface area contributed by atoms with Gasteiger partial charge < -0.3 is 4.74 Å². The molecule has 2 nitrogen and oxygen atoms in total. The molecule has 0 amide bonds. The first-order valence-electron chi connectivity index (χ1n) is 6.84. The SMILES string of the molecule is COC1(C(=O)c2ccc(C)c(Cl)c2)CCCC(C)C1. The molecule has 2 rings (SSSR count). The number of benzene rings is 1. The molecule has 2 atom stereocenters. The van der Waals surface area contributed by atoms with Crippen molar-refractivity contribution < 1.29 is 9.53 Å². The van der Waals surface area contributed by atoms with E-state index in [9.17, 15) is 4.79 Å². The van der Waals surface area contributed by atoms with Crippen LogP contribution >= 0.6 is 11.6 Å². The van der Waals surface area contributed by atoms with E-state index in [4.69, 9.17) is 16.3 Å². The molecule has 0 aliphatic heterocycles. The van der Waals surface area contributed by atoms with Crippen LogP contribution in [-0.4, -0.2) is 18.5 Å². The summed E-state index contributed by atoms with van der Waals surface area (Å²) in [6.07, 6.45) is 3.82. The van der Waals surface area contributed by atoms with Gasteiger partial charge in [0.15, 0.2) is 5.78 Å². The second-order valence-corrected chi connectivity index (χ2v) is 6.10. The number of hydrogen-bond donors (Lipinski definition) is 0. The van der Waals surface area contributed by atoms with Crippen molar-refractivity contribution >= 4 is 17.4 Å². The molecule has 1 aliphatic rings. The number of methoxy groups -OCH3 is 1. The summed E-state index contributed by atoms with van der Waals surface area (Å²) in [6.45, 7) is 4.12. The van der Waals surface area contributed by atoms with E-state index >= 15 is 0 Å². The van der Waals surface area contributed by atoms with Gasteiger partial charge in [0.1, 0.15) is 5.60 Å². The Morgan fingerprint density at radius 3 is 2.79 bits per heavy atom. The first-order valence-corrected chi connectivity index (χ1v) is 7.22. The first-order chi connectivity index (χ1) is 8.98. The van der Waals surface area contributed by atoms with Crippen LogP contribution < -0.4 is 0 Å². The highest BCUT2D eigenvalue weighted by Crippen LogP contribution is 2.37. The minimum absolute atomic E-state index is 0.0726. The Morgan fingerprint density at radius 2 is 2.21 bits per heavy atom. The molecule has 0 spiro atoms. The molecule has 2 unspecified atom stereocenters. The van der Waals surface area contributed by atoms with Crippen molar-refractivity contribution in [2.75, 3.05) is 7.11 Å². The summed E-state index contributed by atoms with van der Waals surface area (Å²) in [7, 11) is 1.64. The van der Waals surface area contributed by atoms with Crippen LogP contribution in [0.25, 0.3) is 0 Å². The van der Waals surface area contributed by atoms with Crippen molar-refractivity contribution in [2.24, 2.45) is 5.92 Å². The predicted molar refractivity (Wildman–Crippen MR) is 77.9 cm³/mol. The minimum Gasteiger partial charge on any atom is -0.370 e. The van der Waals surface area contributed by atoms with E-state index in [0.717, 1.165) is 24.8 Å². The van der Waals surface area contributed by atoms with E-state index in [1.165, 1.54) is 6.42 Å². The second-order valence-electron chi connectivity index (χ2n) is 5.69. The molecule has 0 N–H and O–H groups in total. The summed E-state index contributed by atoms with van der Waals surface area (Å²) < 4.78 is 5.64. The lowest BCUT2D eigenvalue weighted by molar-refractivity contribution is -0.0302. The maximum Gasteiger partial charge on any atom is 0.194 e. The van der Waals surface area contributed by atoms with Crippen LogP contribution in [0.2, 0.25) is 5.02 Å². The van der Waals surface area contributed by atoms with Gasteiger partial charge in [0.25, 0.3) is 0 Å². The number of carbonyl (C=O) groups excluding carboxylic acids is 1. The third-order valence-corrected chi connectivity index (χ3v) is 4.60. The van der Waals surface area contributed by atoms with Gasteiger partial charge in [-0.05, 0) is 43.7 Å². The Hall–Kier alpha value is -0.860. The van der Waals surface area contributed by atoms with Gasteiger partial charge in [0, 0.05) is 17.7 Å². The van der Waals surface area contributed by atoms with Crippen molar-refractivity contribution in [2.45, 2.75) is 45.1 Å². The zero-order valence-electron chi connectivity index (χ0n) is 11.8. The lowest BCUT2D eigenvalue weighted by Crippen LogP contribution is -2.44. The van der Waals surface area contributed by atoms with Gasteiger partial charge in [0.2, 0.25) is 0 Å². The maximum atomic E-state index is 12.8. The quantitative estimate of drug-likeness (QED) is 0.766. The molecule has 0 saturated heterocycles. The standard InChI is InChI=1S/C16H21ClO2/c1-11-5-4-8-16(10-11,19-3)15(18)13-7-6-12(2)14(17)9-13/h6-7,9,11H,4-5,8,10H2,1-3H3. The number of Topliss-reactive ketones (excluding diaryl/α,β-unsaturated/α-hetero) is 1. The molecule has 0 radical (unpaired) electrons. The Bertz CT molecular complexity index is 484. The van der Waals surface area contributed by atoms with E-state index < -0.39 is 5.60 Å². The molecule has 1 fully saturated rings. The van der Waals surface area contributed by atoms with Crippen LogP contribution in [0.1, 0.15) is 48.5 Å². The largest absolute Gasteiger partial charge is 0.370 e. The highest BCUT2D eigenvalue weighted by Gasteiger charge is 2.42. The third kappa shape index (κ3) is 2.85. The van der Waals surface area contributed by atoms with Crippen LogP contribution in [0.3, 0.4) is 0 Å². The molecule has 3 heteroatoms. The zero-order valence-corrected chi connectivity index (χ0v) is 12.6.